The molecule has 1 aromatic heterocycles. The Bertz CT molecular complexity index is 771. The highest BCUT2D eigenvalue weighted by Gasteiger charge is 2.09. The van der Waals surface area contributed by atoms with Crippen molar-refractivity contribution in [2.24, 2.45) is 0 Å². The van der Waals surface area contributed by atoms with Crippen LogP contribution in [-0.2, 0) is 0 Å². The number of para-hydroxylation sites is 1. The third-order valence-corrected chi connectivity index (χ3v) is 3.11. The minimum absolute atomic E-state index is 0.571. The number of aryl methyl sites for hydroxylation is 1. The maximum atomic E-state index is 5.97. The van der Waals surface area contributed by atoms with E-state index < -0.39 is 0 Å². The van der Waals surface area contributed by atoms with Gasteiger partial charge in [0.2, 0.25) is 11.8 Å². The van der Waals surface area contributed by atoms with Crippen molar-refractivity contribution < 1.29 is 4.74 Å². The number of hydrogen-bond donors (Lipinski definition) is 1. The fourth-order valence-corrected chi connectivity index (χ4v) is 2.15. The van der Waals surface area contributed by atoms with Gasteiger partial charge < -0.3 is 10.1 Å². The summed E-state index contributed by atoms with van der Waals surface area (Å²) in [6.45, 7) is 4.82. The van der Waals surface area contributed by atoms with E-state index in [4.69, 9.17) is 4.74 Å². The van der Waals surface area contributed by atoms with Crippen LogP contribution in [0.25, 0.3) is 10.9 Å². The molecule has 1 heterocycles. The van der Waals surface area contributed by atoms with Crippen LogP contribution in [0.4, 0.5) is 5.95 Å². The van der Waals surface area contributed by atoms with E-state index in [1.807, 2.05) is 62.4 Å². The molecule has 0 aliphatic heterocycles. The lowest BCUT2D eigenvalue weighted by atomic mass is 10.2. The van der Waals surface area contributed by atoms with Gasteiger partial charge in [0.05, 0.1) is 10.9 Å². The van der Waals surface area contributed by atoms with E-state index in [1.165, 1.54) is 0 Å². The summed E-state index contributed by atoms with van der Waals surface area (Å²) in [5.41, 5.74) is 2.02. The summed E-state index contributed by atoms with van der Waals surface area (Å²) < 4.78 is 5.97. The van der Waals surface area contributed by atoms with Gasteiger partial charge in [0, 0.05) is 6.54 Å². The van der Waals surface area contributed by atoms with Gasteiger partial charge in [0.1, 0.15) is 5.75 Å². The summed E-state index contributed by atoms with van der Waals surface area (Å²) >= 11 is 0. The standard InChI is InChI=1S/C17H17N3O/c1-3-18-17-19-15-10-5-4-9-14(15)16(20-17)21-13-8-6-7-12(2)11-13/h4-11H,3H2,1-2H3,(H,18,19,20). The van der Waals surface area contributed by atoms with Gasteiger partial charge >= 0.3 is 0 Å². The van der Waals surface area contributed by atoms with Crippen LogP contribution < -0.4 is 10.1 Å². The number of fused-ring (bicyclic) bond motifs is 1. The third kappa shape index (κ3) is 2.94. The normalized spacial score (nSPS) is 10.6. The second kappa shape index (κ2) is 5.79. The largest absolute Gasteiger partial charge is 0.438 e. The summed E-state index contributed by atoms with van der Waals surface area (Å²) in [4.78, 5) is 8.95. The van der Waals surface area contributed by atoms with Crippen molar-refractivity contribution in [3.8, 4) is 11.6 Å². The molecule has 4 nitrogen and oxygen atoms in total. The number of nitrogens with zero attached hydrogens (tertiary/aromatic N) is 2. The number of benzene rings is 2. The van der Waals surface area contributed by atoms with Crippen LogP contribution in [0.5, 0.6) is 11.6 Å². The number of rotatable bonds is 4. The molecule has 0 unspecified atom stereocenters. The number of hydrogen-bond acceptors (Lipinski definition) is 4. The third-order valence-electron chi connectivity index (χ3n) is 3.11. The van der Waals surface area contributed by atoms with E-state index in [9.17, 15) is 0 Å². The molecule has 0 aliphatic carbocycles. The first-order chi connectivity index (χ1) is 10.3. The second-order valence-corrected chi connectivity index (χ2v) is 4.82. The van der Waals surface area contributed by atoms with Crippen LogP contribution in [0.1, 0.15) is 12.5 Å². The van der Waals surface area contributed by atoms with Crippen LogP contribution in [0.2, 0.25) is 0 Å². The van der Waals surface area contributed by atoms with Gasteiger partial charge in [-0.15, -0.1) is 0 Å². The average molecular weight is 279 g/mol. The number of aromatic nitrogens is 2. The lowest BCUT2D eigenvalue weighted by Gasteiger charge is -2.10. The molecule has 3 aromatic rings. The van der Waals surface area contributed by atoms with E-state index in [-0.39, 0.29) is 0 Å². The van der Waals surface area contributed by atoms with E-state index >= 15 is 0 Å². The maximum absolute atomic E-state index is 5.97. The fraction of sp³-hybridized carbons (Fsp3) is 0.176. The Morgan fingerprint density at radius 1 is 1.05 bits per heavy atom. The summed E-state index contributed by atoms with van der Waals surface area (Å²) in [6, 6.07) is 15.8. The molecule has 0 aliphatic rings. The lowest BCUT2D eigenvalue weighted by molar-refractivity contribution is 0.468. The number of ether oxygens (including phenoxy) is 1. The molecule has 106 valence electrons. The first-order valence-corrected chi connectivity index (χ1v) is 7.01. The Kier molecular flexibility index (Phi) is 3.69. The van der Waals surface area contributed by atoms with Gasteiger partial charge in [-0.2, -0.15) is 4.98 Å². The Balaban J connectivity index is 2.07. The van der Waals surface area contributed by atoms with Crippen LogP contribution in [-0.4, -0.2) is 16.5 Å². The molecule has 1 N–H and O–H groups in total. The highest BCUT2D eigenvalue weighted by atomic mass is 16.5. The monoisotopic (exact) mass is 279 g/mol. The molecule has 0 bridgehead atoms. The van der Waals surface area contributed by atoms with Crippen molar-refractivity contribution in [2.45, 2.75) is 13.8 Å². The number of anilines is 1. The van der Waals surface area contributed by atoms with E-state index in [0.29, 0.717) is 11.8 Å². The summed E-state index contributed by atoms with van der Waals surface area (Å²) in [5, 5.41) is 4.04. The zero-order valence-electron chi connectivity index (χ0n) is 12.1. The van der Waals surface area contributed by atoms with Crippen molar-refractivity contribution in [3.63, 3.8) is 0 Å². The van der Waals surface area contributed by atoms with Gasteiger partial charge in [-0.25, -0.2) is 4.98 Å². The molecule has 2 aromatic carbocycles. The minimum Gasteiger partial charge on any atom is -0.438 e. The van der Waals surface area contributed by atoms with Crippen molar-refractivity contribution in [2.75, 3.05) is 11.9 Å². The maximum Gasteiger partial charge on any atom is 0.231 e. The van der Waals surface area contributed by atoms with E-state index in [0.717, 1.165) is 28.8 Å². The molecule has 0 saturated carbocycles. The van der Waals surface area contributed by atoms with Crippen molar-refractivity contribution in [3.05, 3.63) is 54.1 Å². The lowest BCUT2D eigenvalue weighted by Crippen LogP contribution is -2.03. The van der Waals surface area contributed by atoms with Gasteiger partial charge in [0.15, 0.2) is 0 Å². The zero-order chi connectivity index (χ0) is 14.7. The highest BCUT2D eigenvalue weighted by molar-refractivity contribution is 5.84. The van der Waals surface area contributed by atoms with Crippen LogP contribution in [0, 0.1) is 6.92 Å². The molecule has 4 heteroatoms. The van der Waals surface area contributed by atoms with Gasteiger partial charge in [-0.1, -0.05) is 24.3 Å². The first-order valence-electron chi connectivity index (χ1n) is 7.01. The SMILES string of the molecule is CCNc1nc(Oc2cccc(C)c2)c2ccccc2n1. The van der Waals surface area contributed by atoms with E-state index in [1.54, 1.807) is 0 Å². The van der Waals surface area contributed by atoms with Crippen LogP contribution in [0.15, 0.2) is 48.5 Å². The molecule has 0 spiro atoms. The predicted octanol–water partition coefficient (Wildman–Crippen LogP) is 4.16. The van der Waals surface area contributed by atoms with Crippen molar-refractivity contribution in [1.82, 2.24) is 9.97 Å². The molecular weight excluding hydrogens is 262 g/mol. The quantitative estimate of drug-likeness (QED) is 0.779. The molecular formula is C17H17N3O. The Morgan fingerprint density at radius 3 is 2.71 bits per heavy atom. The van der Waals surface area contributed by atoms with Gasteiger partial charge in [0.25, 0.3) is 0 Å². The van der Waals surface area contributed by atoms with Gasteiger partial charge in [-0.3, -0.25) is 0 Å². The highest BCUT2D eigenvalue weighted by Crippen LogP contribution is 2.28. The molecule has 21 heavy (non-hydrogen) atoms. The second-order valence-electron chi connectivity index (χ2n) is 4.82. The number of nitrogens with one attached hydrogen (secondary N) is 1. The smallest absolute Gasteiger partial charge is 0.231 e. The van der Waals surface area contributed by atoms with Gasteiger partial charge in [-0.05, 0) is 43.7 Å². The predicted molar refractivity (Wildman–Crippen MR) is 85.0 cm³/mol. The Labute approximate surface area is 123 Å². The fourth-order valence-electron chi connectivity index (χ4n) is 2.15. The van der Waals surface area contributed by atoms with Crippen molar-refractivity contribution in [1.29, 1.82) is 0 Å². The van der Waals surface area contributed by atoms with Crippen molar-refractivity contribution >= 4 is 16.9 Å². The Hall–Kier alpha value is -2.62. The summed E-state index contributed by atoms with van der Waals surface area (Å²) in [7, 11) is 0. The summed E-state index contributed by atoms with van der Waals surface area (Å²) in [5.74, 6) is 1.93. The molecule has 0 saturated heterocycles. The molecule has 0 fully saturated rings. The molecule has 0 radical (unpaired) electrons. The van der Waals surface area contributed by atoms with Crippen LogP contribution >= 0.6 is 0 Å². The first kappa shape index (κ1) is 13.4. The Morgan fingerprint density at radius 2 is 1.90 bits per heavy atom. The average Bonchev–Trinajstić information content (AvgIpc) is 2.48. The van der Waals surface area contributed by atoms with Crippen LogP contribution in [0.3, 0.4) is 0 Å². The topological polar surface area (TPSA) is 47.0 Å². The zero-order valence-corrected chi connectivity index (χ0v) is 12.1. The minimum atomic E-state index is 0.571. The van der Waals surface area contributed by atoms with E-state index in [2.05, 4.69) is 15.3 Å². The molecule has 0 atom stereocenters. The summed E-state index contributed by atoms with van der Waals surface area (Å²) in [6.07, 6.45) is 0. The molecule has 3 rings (SSSR count). The molecule has 0 amide bonds.